The van der Waals surface area contributed by atoms with Crippen molar-refractivity contribution in [3.8, 4) is 17.2 Å². The molecule has 3 N–H and O–H groups in total. The Labute approximate surface area is 162 Å². The summed E-state index contributed by atoms with van der Waals surface area (Å²) in [4.78, 5) is 14.7. The molecule has 0 saturated carbocycles. The van der Waals surface area contributed by atoms with Gasteiger partial charge in [0.25, 0.3) is 0 Å². The Morgan fingerprint density at radius 2 is 1.56 bits per heavy atom. The Bertz CT molecular complexity index is 925. The Hall–Kier alpha value is -2.99. The molecule has 6 heteroatoms. The number of carbonyl (C=O) groups excluding carboxylic acids is 1. The molecular weight excluding hydrogens is 360 g/mol. The smallest absolute Gasteiger partial charge is 0.323 e. The molecule has 0 atom stereocenters. The zero-order chi connectivity index (χ0) is 19.6. The second kappa shape index (κ2) is 7.32. The van der Waals surface area contributed by atoms with E-state index >= 15 is 0 Å². The van der Waals surface area contributed by atoms with Crippen LogP contribution in [0, 0.1) is 0 Å². The molecule has 2 aromatic carbocycles. The van der Waals surface area contributed by atoms with Crippen LogP contribution in [-0.2, 0) is 5.41 Å². The first kappa shape index (κ1) is 18.8. The van der Waals surface area contributed by atoms with Crippen LogP contribution in [0.3, 0.4) is 0 Å². The van der Waals surface area contributed by atoms with Crippen molar-refractivity contribution < 1.29 is 14.6 Å². The Balaban J connectivity index is 1.83. The van der Waals surface area contributed by atoms with Crippen molar-refractivity contribution in [1.82, 2.24) is 0 Å². The minimum absolute atomic E-state index is 0.00798. The zero-order valence-corrected chi connectivity index (χ0v) is 16.3. The molecule has 0 spiro atoms. The highest BCUT2D eigenvalue weighted by Crippen LogP contribution is 2.36. The minimum atomic E-state index is -0.541. The van der Waals surface area contributed by atoms with Gasteiger partial charge in [-0.05, 0) is 60.0 Å². The van der Waals surface area contributed by atoms with Crippen LogP contribution < -0.4 is 15.4 Å². The van der Waals surface area contributed by atoms with Crippen molar-refractivity contribution in [2.45, 2.75) is 26.2 Å². The average Bonchev–Trinajstić information content (AvgIpc) is 3.08. The Morgan fingerprint density at radius 3 is 2.04 bits per heavy atom. The fourth-order valence-electron chi connectivity index (χ4n) is 2.55. The summed E-state index contributed by atoms with van der Waals surface area (Å²) in [5, 5.41) is 11.3. The highest BCUT2D eigenvalue weighted by Gasteiger charge is 2.21. The van der Waals surface area contributed by atoms with Crippen LogP contribution in [0.4, 0.5) is 16.2 Å². The van der Waals surface area contributed by atoms with Gasteiger partial charge in [-0.15, -0.1) is 11.3 Å². The second-order valence-electron chi connectivity index (χ2n) is 7.18. The van der Waals surface area contributed by atoms with E-state index in [2.05, 4.69) is 20.8 Å². The van der Waals surface area contributed by atoms with Crippen LogP contribution >= 0.6 is 11.3 Å². The first-order chi connectivity index (χ1) is 12.7. The summed E-state index contributed by atoms with van der Waals surface area (Å²) in [7, 11) is 0. The fraction of sp³-hybridized carbons (Fsp3) is 0.190. The van der Waals surface area contributed by atoms with Crippen molar-refractivity contribution in [3.05, 3.63) is 64.9 Å². The van der Waals surface area contributed by atoms with Gasteiger partial charge in [0.2, 0.25) is 0 Å². The number of ether oxygens (including phenoxy) is 1. The standard InChI is InChI=1S/C21H22N2O3S/c1-21(2,3)19-12-15(13-27-19)23(20(22)25)14-4-8-17(9-5-14)26-18-10-6-16(24)7-11-18/h4-13,24H,1-3H3,(H2,22,25). The van der Waals surface area contributed by atoms with Crippen LogP contribution in [-0.4, -0.2) is 11.1 Å². The lowest BCUT2D eigenvalue weighted by molar-refractivity contribution is 0.256. The second-order valence-corrected chi connectivity index (χ2v) is 8.09. The molecule has 0 bridgehead atoms. The maximum Gasteiger partial charge on any atom is 0.323 e. The van der Waals surface area contributed by atoms with Gasteiger partial charge >= 0.3 is 6.03 Å². The van der Waals surface area contributed by atoms with E-state index in [0.717, 1.165) is 5.69 Å². The Kier molecular flexibility index (Phi) is 5.10. The molecule has 1 aromatic heterocycles. The molecule has 0 unspecified atom stereocenters. The number of nitrogens with zero attached hydrogens (tertiary/aromatic N) is 1. The SMILES string of the molecule is CC(C)(C)c1cc(N(C(N)=O)c2ccc(Oc3ccc(O)cc3)cc2)cs1. The minimum Gasteiger partial charge on any atom is -0.508 e. The number of amides is 2. The summed E-state index contributed by atoms with van der Waals surface area (Å²) in [5.74, 6) is 1.41. The first-order valence-corrected chi connectivity index (χ1v) is 9.37. The van der Waals surface area contributed by atoms with Crippen LogP contribution in [0.25, 0.3) is 0 Å². The van der Waals surface area contributed by atoms with Crippen LogP contribution in [0.1, 0.15) is 25.6 Å². The van der Waals surface area contributed by atoms with Crippen molar-refractivity contribution in [2.24, 2.45) is 5.73 Å². The molecule has 0 radical (unpaired) electrons. The molecule has 1 heterocycles. The molecule has 2 amide bonds. The summed E-state index contributed by atoms with van der Waals surface area (Å²) in [6.07, 6.45) is 0. The van der Waals surface area contributed by atoms with Crippen molar-refractivity contribution in [1.29, 1.82) is 0 Å². The number of carbonyl (C=O) groups is 1. The molecule has 27 heavy (non-hydrogen) atoms. The fourth-order valence-corrected chi connectivity index (χ4v) is 3.52. The number of rotatable bonds is 4. The lowest BCUT2D eigenvalue weighted by Crippen LogP contribution is -2.31. The van der Waals surface area contributed by atoms with Crippen molar-refractivity contribution in [3.63, 3.8) is 0 Å². The number of phenols is 1. The number of nitrogens with two attached hydrogens (primary N) is 1. The van der Waals surface area contributed by atoms with E-state index in [1.165, 1.54) is 9.78 Å². The van der Waals surface area contributed by atoms with Crippen LogP contribution in [0.15, 0.2) is 60.0 Å². The summed E-state index contributed by atoms with van der Waals surface area (Å²) in [6, 6.07) is 15.0. The van der Waals surface area contributed by atoms with Gasteiger partial charge < -0.3 is 15.6 Å². The maximum absolute atomic E-state index is 12.1. The average molecular weight is 382 g/mol. The Morgan fingerprint density at radius 1 is 1.00 bits per heavy atom. The molecule has 0 aliphatic heterocycles. The lowest BCUT2D eigenvalue weighted by Gasteiger charge is -2.20. The molecule has 0 aliphatic carbocycles. The summed E-state index contributed by atoms with van der Waals surface area (Å²) >= 11 is 1.61. The number of benzene rings is 2. The number of hydrogen-bond acceptors (Lipinski definition) is 4. The third-order valence-electron chi connectivity index (χ3n) is 3.97. The zero-order valence-electron chi connectivity index (χ0n) is 15.5. The van der Waals surface area contributed by atoms with Gasteiger partial charge in [-0.1, -0.05) is 20.8 Å². The van der Waals surface area contributed by atoms with Gasteiger partial charge in [0.05, 0.1) is 11.4 Å². The topological polar surface area (TPSA) is 75.8 Å². The summed E-state index contributed by atoms with van der Waals surface area (Å²) in [6.45, 7) is 6.39. The number of anilines is 2. The molecular formula is C21H22N2O3S. The molecule has 5 nitrogen and oxygen atoms in total. The van der Waals surface area contributed by atoms with Crippen molar-refractivity contribution >= 4 is 28.7 Å². The van der Waals surface area contributed by atoms with Gasteiger partial charge in [-0.2, -0.15) is 0 Å². The third kappa shape index (κ3) is 4.41. The van der Waals surface area contributed by atoms with Gasteiger partial charge in [0.1, 0.15) is 17.2 Å². The number of aromatic hydroxyl groups is 1. The highest BCUT2D eigenvalue weighted by atomic mass is 32.1. The lowest BCUT2D eigenvalue weighted by atomic mass is 9.94. The number of primary amides is 1. The van der Waals surface area contributed by atoms with E-state index in [1.54, 1.807) is 59.9 Å². The third-order valence-corrected chi connectivity index (χ3v) is 5.31. The van der Waals surface area contributed by atoms with Crippen LogP contribution in [0.5, 0.6) is 17.2 Å². The van der Waals surface area contributed by atoms with Gasteiger partial charge in [0, 0.05) is 10.3 Å². The number of thiophene rings is 1. The molecule has 0 saturated heterocycles. The molecule has 0 aliphatic rings. The summed E-state index contributed by atoms with van der Waals surface area (Å²) in [5.41, 5.74) is 7.06. The molecule has 3 rings (SSSR count). The predicted molar refractivity (Wildman–Crippen MR) is 109 cm³/mol. The molecule has 140 valence electrons. The number of hydrogen-bond donors (Lipinski definition) is 2. The molecule has 3 aromatic rings. The van der Waals surface area contributed by atoms with Crippen LogP contribution in [0.2, 0.25) is 0 Å². The van der Waals surface area contributed by atoms with Gasteiger partial charge in [-0.3, -0.25) is 4.90 Å². The highest BCUT2D eigenvalue weighted by molar-refractivity contribution is 7.10. The normalized spacial score (nSPS) is 11.2. The van der Waals surface area contributed by atoms with E-state index in [-0.39, 0.29) is 11.2 Å². The molecule has 0 fully saturated rings. The monoisotopic (exact) mass is 382 g/mol. The van der Waals surface area contributed by atoms with Gasteiger partial charge in [0.15, 0.2) is 0 Å². The van der Waals surface area contributed by atoms with E-state index in [9.17, 15) is 9.90 Å². The quantitative estimate of drug-likeness (QED) is 0.602. The van der Waals surface area contributed by atoms with Gasteiger partial charge in [-0.25, -0.2) is 4.79 Å². The number of phenolic OH excluding ortho intramolecular Hbond substituents is 1. The largest absolute Gasteiger partial charge is 0.508 e. The van der Waals surface area contributed by atoms with Crippen molar-refractivity contribution in [2.75, 3.05) is 4.90 Å². The predicted octanol–water partition coefficient (Wildman–Crippen LogP) is 5.76. The van der Waals surface area contributed by atoms with E-state index in [1.807, 2.05) is 11.4 Å². The number of urea groups is 1. The summed E-state index contributed by atoms with van der Waals surface area (Å²) < 4.78 is 5.74. The first-order valence-electron chi connectivity index (χ1n) is 8.49. The maximum atomic E-state index is 12.1. The van der Waals surface area contributed by atoms with E-state index < -0.39 is 6.03 Å². The van der Waals surface area contributed by atoms with E-state index in [4.69, 9.17) is 10.5 Å². The van der Waals surface area contributed by atoms with E-state index in [0.29, 0.717) is 17.2 Å².